The number of phenols is 4. The molecule has 0 aliphatic heterocycles. The molecule has 0 unspecified atom stereocenters. The Kier molecular flexibility index (Phi) is 10.8. The molecule has 12 N–H and O–H groups in total. The zero-order valence-electron chi connectivity index (χ0n) is 29.7. The van der Waals surface area contributed by atoms with E-state index in [1.54, 1.807) is 0 Å². The van der Waals surface area contributed by atoms with Crippen LogP contribution >= 0.6 is 0 Å². The molecular weight excluding hydrogens is 897 g/mol. The highest BCUT2D eigenvalue weighted by Crippen LogP contribution is 2.47. The van der Waals surface area contributed by atoms with Crippen molar-refractivity contribution in [1.29, 1.82) is 0 Å². The standard InChI is InChI=1S/C32H24N8O17S4/c33-19-11-17(58(46,47)48)5-13-7-25(60(52,53)54)29(31(43)27(13)19)37-35-21-3-1-15(9-23(21)41)39-40(45)16-2-4-22(24(42)10-16)36-38-30-26(61(55,56)57)8-14-6-18(59(49,50)51)12-20(34)28(14)32(30)44/h1-12,41-44H,33-34H2,(H,46,47,48)(H,49,50,51)(H,52,53,54)(H,55,56,57). The molecule has 0 amide bonds. The molecule has 0 aliphatic rings. The summed E-state index contributed by atoms with van der Waals surface area (Å²) in [5.74, 6) is -3.46. The minimum atomic E-state index is -5.20. The first-order valence-corrected chi connectivity index (χ1v) is 21.7. The maximum absolute atomic E-state index is 12.9. The van der Waals surface area contributed by atoms with E-state index < -0.39 is 117 Å². The Labute approximate surface area is 341 Å². The van der Waals surface area contributed by atoms with Gasteiger partial charge >= 0.3 is 0 Å². The summed E-state index contributed by atoms with van der Waals surface area (Å²) in [6, 6.07) is 10.3. The minimum Gasteiger partial charge on any atom is -0.594 e. The van der Waals surface area contributed by atoms with Crippen LogP contribution in [-0.2, 0) is 40.5 Å². The van der Waals surface area contributed by atoms with E-state index in [4.69, 9.17) is 11.5 Å². The van der Waals surface area contributed by atoms with Crippen LogP contribution in [0.4, 0.5) is 45.5 Å². The Morgan fingerprint density at radius 1 is 0.508 bits per heavy atom. The summed E-state index contributed by atoms with van der Waals surface area (Å²) < 4.78 is 134. The average Bonchev–Trinajstić information content (AvgIpc) is 3.12. The lowest BCUT2D eigenvalue weighted by Crippen LogP contribution is -2.02. The van der Waals surface area contributed by atoms with Crippen molar-refractivity contribution in [3.8, 4) is 23.0 Å². The summed E-state index contributed by atoms with van der Waals surface area (Å²) in [5, 5.41) is 72.7. The van der Waals surface area contributed by atoms with E-state index in [9.17, 15) is 77.5 Å². The number of benzene rings is 6. The third-order valence-corrected chi connectivity index (χ3v) is 11.7. The molecule has 6 aromatic rings. The quantitative estimate of drug-likeness (QED) is 0.0258. The van der Waals surface area contributed by atoms with Gasteiger partial charge in [0.1, 0.15) is 49.7 Å². The predicted molar refractivity (Wildman–Crippen MR) is 209 cm³/mol. The van der Waals surface area contributed by atoms with Crippen molar-refractivity contribution >= 4 is 108 Å². The molecule has 0 aromatic heterocycles. The van der Waals surface area contributed by atoms with Gasteiger partial charge < -0.3 is 37.1 Å². The van der Waals surface area contributed by atoms with Gasteiger partial charge in [-0.3, -0.25) is 18.2 Å². The Morgan fingerprint density at radius 3 is 1.30 bits per heavy atom. The maximum atomic E-state index is 12.9. The summed E-state index contributed by atoms with van der Waals surface area (Å²) in [7, 11) is -20.1. The second-order valence-corrected chi connectivity index (χ2v) is 18.0. The van der Waals surface area contributed by atoms with E-state index in [0.717, 1.165) is 60.7 Å². The van der Waals surface area contributed by atoms with Gasteiger partial charge in [-0.05, 0) is 70.2 Å². The van der Waals surface area contributed by atoms with Crippen LogP contribution in [0.25, 0.3) is 21.5 Å². The summed E-state index contributed by atoms with van der Waals surface area (Å²) in [5.41, 5.74) is 7.55. The van der Waals surface area contributed by atoms with Crippen LogP contribution in [0.2, 0.25) is 0 Å². The summed E-state index contributed by atoms with van der Waals surface area (Å²) >= 11 is 0. The highest BCUT2D eigenvalue weighted by molar-refractivity contribution is 7.86. The van der Waals surface area contributed by atoms with Crippen LogP contribution in [0.15, 0.2) is 118 Å². The molecular formula is C32H24N8O17S4. The van der Waals surface area contributed by atoms with Gasteiger partial charge in [0.15, 0.2) is 11.5 Å². The van der Waals surface area contributed by atoms with Gasteiger partial charge in [0.2, 0.25) is 5.69 Å². The number of hydrogen-bond acceptors (Lipinski definition) is 20. The summed E-state index contributed by atoms with van der Waals surface area (Å²) in [6.07, 6.45) is 0. The highest BCUT2D eigenvalue weighted by atomic mass is 32.2. The summed E-state index contributed by atoms with van der Waals surface area (Å²) in [6.45, 7) is 0. The first kappa shape index (κ1) is 43.5. The second-order valence-electron chi connectivity index (χ2n) is 12.4. The Bertz CT molecular complexity index is 3450. The number of azo groups is 3. The Hall–Kier alpha value is -7.12. The van der Waals surface area contributed by atoms with E-state index in [2.05, 4.69) is 25.6 Å². The largest absolute Gasteiger partial charge is 0.594 e. The molecule has 0 radical (unpaired) electrons. The van der Waals surface area contributed by atoms with Gasteiger partial charge in [-0.2, -0.15) is 33.7 Å². The molecule has 29 heteroatoms. The van der Waals surface area contributed by atoms with Gasteiger partial charge in [-0.25, -0.2) is 0 Å². The molecule has 0 fully saturated rings. The lowest BCUT2D eigenvalue weighted by Gasteiger charge is -2.12. The van der Waals surface area contributed by atoms with Crippen molar-refractivity contribution in [1.82, 2.24) is 0 Å². The lowest BCUT2D eigenvalue weighted by molar-refractivity contribution is -0.435. The van der Waals surface area contributed by atoms with Crippen LogP contribution < -0.4 is 11.5 Å². The molecule has 0 aliphatic carbocycles. The van der Waals surface area contributed by atoms with Gasteiger partial charge in [0.25, 0.3) is 40.5 Å². The monoisotopic (exact) mass is 920 g/mol. The smallest absolute Gasteiger partial charge is 0.296 e. The van der Waals surface area contributed by atoms with Crippen LogP contribution in [-0.4, -0.2) is 77.2 Å². The highest BCUT2D eigenvalue weighted by Gasteiger charge is 2.27. The van der Waals surface area contributed by atoms with Crippen molar-refractivity contribution in [3.63, 3.8) is 0 Å². The van der Waals surface area contributed by atoms with Crippen LogP contribution in [0, 0.1) is 5.21 Å². The first-order chi connectivity index (χ1) is 28.1. The van der Waals surface area contributed by atoms with Crippen LogP contribution in [0.3, 0.4) is 0 Å². The molecule has 25 nitrogen and oxygen atoms in total. The summed E-state index contributed by atoms with van der Waals surface area (Å²) in [4.78, 5) is -3.70. The SMILES string of the molecule is Nc1cc(S(=O)(=O)O)cc2cc(S(=O)(=O)O)c(N=Nc3ccc(N=[N+]([O-])c4ccc(N=Nc5c(S(=O)(=O)O)cc6cc(S(=O)(=O)O)cc(N)c6c5O)c(O)c4)cc3O)c(O)c12. The van der Waals surface area contributed by atoms with Crippen molar-refractivity contribution in [2.75, 3.05) is 11.5 Å². The topological polar surface area (TPSA) is 438 Å². The van der Waals surface area contributed by atoms with Gasteiger partial charge in [-0.1, -0.05) is 0 Å². The number of anilines is 2. The number of aromatic hydroxyl groups is 4. The number of rotatable bonds is 10. The van der Waals surface area contributed by atoms with Gasteiger partial charge in [-0.15, -0.1) is 20.5 Å². The van der Waals surface area contributed by atoms with E-state index in [0.29, 0.717) is 12.1 Å². The molecule has 6 rings (SSSR count). The Balaban J connectivity index is 1.29. The van der Waals surface area contributed by atoms with Crippen molar-refractivity contribution in [2.24, 2.45) is 25.6 Å². The number of phenolic OH excluding ortho intramolecular Hbond substituents is 4. The average molecular weight is 921 g/mol. The number of hydrogen-bond donors (Lipinski definition) is 10. The third kappa shape index (κ3) is 8.78. The molecule has 0 atom stereocenters. The normalized spacial score (nSPS) is 13.2. The fraction of sp³-hybridized carbons (Fsp3) is 0. The zero-order valence-corrected chi connectivity index (χ0v) is 32.9. The van der Waals surface area contributed by atoms with E-state index in [-0.39, 0.29) is 37.8 Å². The van der Waals surface area contributed by atoms with Gasteiger partial charge in [0.05, 0.1) is 15.9 Å². The molecule has 0 heterocycles. The van der Waals surface area contributed by atoms with Crippen molar-refractivity contribution < 1.29 is 77.2 Å². The Morgan fingerprint density at radius 2 is 0.918 bits per heavy atom. The maximum Gasteiger partial charge on any atom is 0.296 e. The first-order valence-electron chi connectivity index (χ1n) is 15.9. The van der Waals surface area contributed by atoms with Gasteiger partial charge in [0, 0.05) is 39.4 Å². The van der Waals surface area contributed by atoms with Crippen LogP contribution in [0.1, 0.15) is 0 Å². The predicted octanol–water partition coefficient (Wildman–Crippen LogP) is 5.72. The number of nitrogens with zero attached hydrogens (tertiary/aromatic N) is 6. The van der Waals surface area contributed by atoms with E-state index >= 15 is 0 Å². The number of nitrogen functional groups attached to an aromatic ring is 2. The lowest BCUT2D eigenvalue weighted by atomic mass is 10.1. The number of nitrogens with two attached hydrogens (primary N) is 2. The molecule has 318 valence electrons. The van der Waals surface area contributed by atoms with Crippen molar-refractivity contribution in [3.05, 3.63) is 78.0 Å². The zero-order chi connectivity index (χ0) is 45.1. The molecule has 6 aromatic carbocycles. The fourth-order valence-electron chi connectivity index (χ4n) is 5.61. The third-order valence-electron chi connectivity index (χ3n) is 8.32. The molecule has 61 heavy (non-hydrogen) atoms. The molecule has 0 spiro atoms. The fourth-order valence-corrected chi connectivity index (χ4v) is 8.03. The number of fused-ring (bicyclic) bond motifs is 2. The van der Waals surface area contributed by atoms with E-state index in [1.807, 2.05) is 0 Å². The molecule has 0 saturated carbocycles. The second kappa shape index (κ2) is 15.2. The van der Waals surface area contributed by atoms with Crippen molar-refractivity contribution in [2.45, 2.75) is 19.6 Å². The molecule has 0 saturated heterocycles. The minimum absolute atomic E-state index is 0.0326. The molecule has 0 bridgehead atoms. The van der Waals surface area contributed by atoms with E-state index in [1.165, 1.54) is 0 Å². The van der Waals surface area contributed by atoms with Crippen LogP contribution in [0.5, 0.6) is 23.0 Å².